The number of amides is 2. The Morgan fingerprint density at radius 2 is 2.03 bits per heavy atom. The lowest BCUT2D eigenvalue weighted by Crippen LogP contribution is -2.46. The van der Waals surface area contributed by atoms with Gasteiger partial charge in [0.1, 0.15) is 5.82 Å². The molecule has 2 fully saturated rings. The van der Waals surface area contributed by atoms with Crippen molar-refractivity contribution in [3.05, 3.63) is 35.5 Å². The van der Waals surface area contributed by atoms with Gasteiger partial charge >= 0.3 is 6.03 Å². The number of anilines is 2. The maximum atomic E-state index is 12.3. The molecule has 8 nitrogen and oxygen atoms in total. The summed E-state index contributed by atoms with van der Waals surface area (Å²) in [6.07, 6.45) is 3.06. The summed E-state index contributed by atoms with van der Waals surface area (Å²) in [6, 6.07) is 7.95. The van der Waals surface area contributed by atoms with Crippen molar-refractivity contribution >= 4 is 28.3 Å². The SMILES string of the molecule is CCC1COCCN1c1nc(-c2ccc(NC(=O)NC3CC3)cc2)nc2c1CS(=O)C2. The molecule has 3 heterocycles. The van der Waals surface area contributed by atoms with Crippen LogP contribution < -0.4 is 15.5 Å². The number of morpholine rings is 1. The fourth-order valence-electron chi connectivity index (χ4n) is 4.07. The van der Waals surface area contributed by atoms with Gasteiger partial charge in [-0.15, -0.1) is 0 Å². The van der Waals surface area contributed by atoms with Gasteiger partial charge in [-0.25, -0.2) is 14.8 Å². The van der Waals surface area contributed by atoms with Crippen molar-refractivity contribution in [2.45, 2.75) is 49.8 Å². The van der Waals surface area contributed by atoms with Gasteiger partial charge in [0.25, 0.3) is 0 Å². The Hall–Kier alpha value is -2.52. The summed E-state index contributed by atoms with van der Waals surface area (Å²) >= 11 is 0. The van der Waals surface area contributed by atoms with Gasteiger partial charge in [-0.05, 0) is 43.5 Å². The number of nitrogens with zero attached hydrogens (tertiary/aromatic N) is 3. The molecule has 2 atom stereocenters. The molecule has 0 bridgehead atoms. The van der Waals surface area contributed by atoms with Gasteiger partial charge in [0.05, 0.1) is 36.5 Å². The number of carbonyl (C=O) groups excluding carboxylic acids is 1. The highest BCUT2D eigenvalue weighted by Crippen LogP contribution is 2.34. The van der Waals surface area contributed by atoms with Crippen molar-refractivity contribution in [3.63, 3.8) is 0 Å². The molecule has 0 spiro atoms. The Bertz CT molecular complexity index is 1010. The Balaban J connectivity index is 1.43. The molecule has 0 radical (unpaired) electrons. The third-order valence-electron chi connectivity index (χ3n) is 5.96. The van der Waals surface area contributed by atoms with Crippen molar-refractivity contribution < 1.29 is 13.7 Å². The van der Waals surface area contributed by atoms with Crippen LogP contribution in [0.4, 0.5) is 16.3 Å². The number of ether oxygens (including phenoxy) is 1. The molecule has 1 saturated carbocycles. The van der Waals surface area contributed by atoms with E-state index in [1.807, 2.05) is 24.3 Å². The second-order valence-electron chi connectivity index (χ2n) is 8.31. The fraction of sp³-hybridized carbons (Fsp3) is 0.500. The van der Waals surface area contributed by atoms with E-state index in [4.69, 9.17) is 14.7 Å². The van der Waals surface area contributed by atoms with Crippen LogP contribution in [0.15, 0.2) is 24.3 Å². The Labute approximate surface area is 184 Å². The zero-order chi connectivity index (χ0) is 21.4. The topological polar surface area (TPSA) is 96.4 Å². The van der Waals surface area contributed by atoms with E-state index in [1.165, 1.54) is 0 Å². The summed E-state index contributed by atoms with van der Waals surface area (Å²) in [4.78, 5) is 24.0. The van der Waals surface area contributed by atoms with E-state index in [2.05, 4.69) is 22.5 Å². The monoisotopic (exact) mass is 441 g/mol. The molecule has 3 aliphatic rings. The zero-order valence-corrected chi connectivity index (χ0v) is 18.4. The van der Waals surface area contributed by atoms with E-state index in [0.29, 0.717) is 36.6 Å². The molecule has 31 heavy (non-hydrogen) atoms. The smallest absolute Gasteiger partial charge is 0.319 e. The van der Waals surface area contributed by atoms with Crippen LogP contribution in [0, 0.1) is 0 Å². The lowest BCUT2D eigenvalue weighted by molar-refractivity contribution is 0.0925. The number of hydrogen-bond donors (Lipinski definition) is 2. The van der Waals surface area contributed by atoms with Crippen LogP contribution in [0.25, 0.3) is 11.4 Å². The van der Waals surface area contributed by atoms with Crippen molar-refractivity contribution in [2.75, 3.05) is 30.0 Å². The normalized spacial score (nSPS) is 22.8. The van der Waals surface area contributed by atoms with Crippen molar-refractivity contribution in [3.8, 4) is 11.4 Å². The molecule has 2 N–H and O–H groups in total. The van der Waals surface area contributed by atoms with E-state index < -0.39 is 10.8 Å². The minimum absolute atomic E-state index is 0.174. The average molecular weight is 442 g/mol. The lowest BCUT2D eigenvalue weighted by atomic mass is 10.1. The van der Waals surface area contributed by atoms with Crippen molar-refractivity contribution in [1.82, 2.24) is 15.3 Å². The lowest BCUT2D eigenvalue weighted by Gasteiger charge is -2.37. The molecule has 9 heteroatoms. The van der Waals surface area contributed by atoms with Gasteiger partial charge in [-0.2, -0.15) is 0 Å². The Kier molecular flexibility index (Phi) is 5.62. The van der Waals surface area contributed by atoms with Gasteiger partial charge in [-0.3, -0.25) is 4.21 Å². The van der Waals surface area contributed by atoms with Gasteiger partial charge in [0, 0.05) is 40.2 Å². The third-order valence-corrected chi connectivity index (χ3v) is 7.16. The maximum absolute atomic E-state index is 12.3. The first-order valence-electron chi connectivity index (χ1n) is 10.9. The van der Waals surface area contributed by atoms with Gasteiger partial charge < -0.3 is 20.3 Å². The molecule has 1 aliphatic carbocycles. The van der Waals surface area contributed by atoms with Crippen LogP contribution in [-0.2, 0) is 27.0 Å². The highest BCUT2D eigenvalue weighted by molar-refractivity contribution is 7.83. The summed E-state index contributed by atoms with van der Waals surface area (Å²) in [5.74, 6) is 2.51. The minimum atomic E-state index is -0.937. The predicted molar refractivity (Wildman–Crippen MR) is 120 cm³/mol. The summed E-state index contributed by atoms with van der Waals surface area (Å²) in [7, 11) is -0.937. The van der Waals surface area contributed by atoms with E-state index in [-0.39, 0.29) is 12.1 Å². The fourth-order valence-corrected chi connectivity index (χ4v) is 5.33. The molecule has 5 rings (SSSR count). The molecule has 2 unspecified atom stereocenters. The molecule has 1 aromatic heterocycles. The van der Waals surface area contributed by atoms with E-state index >= 15 is 0 Å². The third kappa shape index (κ3) is 4.43. The summed E-state index contributed by atoms with van der Waals surface area (Å²) in [6.45, 7) is 4.26. The van der Waals surface area contributed by atoms with Crippen LogP contribution in [0.2, 0.25) is 0 Å². The molecule has 1 saturated heterocycles. The van der Waals surface area contributed by atoms with Crippen LogP contribution in [-0.4, -0.2) is 52.1 Å². The minimum Gasteiger partial charge on any atom is -0.377 e. The second kappa shape index (κ2) is 8.55. The first kappa shape index (κ1) is 20.4. The Morgan fingerprint density at radius 1 is 1.23 bits per heavy atom. The van der Waals surface area contributed by atoms with Gasteiger partial charge in [0.2, 0.25) is 0 Å². The highest BCUT2D eigenvalue weighted by Gasteiger charge is 2.31. The number of fused-ring (bicyclic) bond motifs is 1. The van der Waals surface area contributed by atoms with Crippen LogP contribution in [0.1, 0.15) is 37.4 Å². The molecular formula is C22H27N5O3S. The van der Waals surface area contributed by atoms with E-state index in [1.54, 1.807) is 0 Å². The largest absolute Gasteiger partial charge is 0.377 e. The molecule has 2 amide bonds. The number of rotatable bonds is 5. The molecule has 164 valence electrons. The van der Waals surface area contributed by atoms with Crippen molar-refractivity contribution in [2.24, 2.45) is 0 Å². The average Bonchev–Trinajstić information content (AvgIpc) is 3.50. The maximum Gasteiger partial charge on any atom is 0.319 e. The van der Waals surface area contributed by atoms with Gasteiger partial charge in [0.15, 0.2) is 5.82 Å². The first-order valence-corrected chi connectivity index (χ1v) is 12.4. The number of hydrogen-bond acceptors (Lipinski definition) is 6. The van der Waals surface area contributed by atoms with E-state index in [9.17, 15) is 9.00 Å². The molecule has 1 aromatic carbocycles. The standard InChI is InChI=1S/C22H27N5O3S/c1-2-17-11-30-10-9-27(17)21-18-12-31(29)13-19(18)25-20(26-21)14-3-5-15(6-4-14)23-22(28)24-16-7-8-16/h3-6,16-17H,2,7-13H2,1H3,(H2,23,24,28). The number of urea groups is 1. The zero-order valence-electron chi connectivity index (χ0n) is 17.6. The van der Waals surface area contributed by atoms with E-state index in [0.717, 1.165) is 54.1 Å². The summed E-state index contributed by atoms with van der Waals surface area (Å²) in [5.41, 5.74) is 3.49. The number of benzene rings is 1. The first-order chi connectivity index (χ1) is 15.1. The van der Waals surface area contributed by atoms with Crippen LogP contribution in [0.3, 0.4) is 0 Å². The number of nitrogens with one attached hydrogen (secondary N) is 2. The second-order valence-corrected chi connectivity index (χ2v) is 9.76. The number of aromatic nitrogens is 2. The predicted octanol–water partition coefficient (Wildman–Crippen LogP) is 2.81. The summed E-state index contributed by atoms with van der Waals surface area (Å²) < 4.78 is 18.0. The number of carbonyl (C=O) groups is 1. The molecule has 2 aromatic rings. The Morgan fingerprint density at radius 3 is 2.77 bits per heavy atom. The highest BCUT2D eigenvalue weighted by atomic mass is 32.2. The van der Waals surface area contributed by atoms with Gasteiger partial charge in [-0.1, -0.05) is 6.92 Å². The van der Waals surface area contributed by atoms with Crippen LogP contribution in [0.5, 0.6) is 0 Å². The quantitative estimate of drug-likeness (QED) is 0.741. The van der Waals surface area contributed by atoms with Crippen molar-refractivity contribution in [1.29, 1.82) is 0 Å². The molecular weight excluding hydrogens is 414 g/mol. The summed E-state index contributed by atoms with van der Waals surface area (Å²) in [5, 5.41) is 5.78. The molecule has 2 aliphatic heterocycles. The van der Waals surface area contributed by atoms with Crippen LogP contribution >= 0.6 is 0 Å².